The predicted molar refractivity (Wildman–Crippen MR) is 88.6 cm³/mol. The normalized spacial score (nSPS) is 11.3. The van der Waals surface area contributed by atoms with Gasteiger partial charge in [0, 0.05) is 11.6 Å². The molecule has 6 nitrogen and oxygen atoms in total. The van der Waals surface area contributed by atoms with Crippen LogP contribution in [0.25, 0.3) is 0 Å². The maximum atomic E-state index is 12.4. The zero-order chi connectivity index (χ0) is 17.4. The minimum Gasteiger partial charge on any atom is -0.506 e. The molecule has 0 spiro atoms. The molecule has 0 aliphatic rings. The van der Waals surface area contributed by atoms with Gasteiger partial charge >= 0.3 is 0 Å². The number of phenols is 1. The molecule has 0 fully saturated rings. The number of carbonyl (C=O) groups is 1. The van der Waals surface area contributed by atoms with Gasteiger partial charge in [0.05, 0.1) is 20.6 Å². The fourth-order valence-corrected chi connectivity index (χ4v) is 3.27. The van der Waals surface area contributed by atoms with Crippen molar-refractivity contribution in [2.45, 2.75) is 11.8 Å². The Morgan fingerprint density at radius 1 is 1.17 bits per heavy atom. The van der Waals surface area contributed by atoms with E-state index in [1.807, 2.05) is 0 Å². The predicted octanol–water partition coefficient (Wildman–Crippen LogP) is 2.91. The summed E-state index contributed by atoms with van der Waals surface area (Å²) in [6.45, 7) is 1.63. The highest BCUT2D eigenvalue weighted by molar-refractivity contribution is 7.92. The van der Waals surface area contributed by atoms with Gasteiger partial charge in [-0.2, -0.15) is 0 Å². The summed E-state index contributed by atoms with van der Waals surface area (Å²) in [6.07, 6.45) is 0. The first-order valence-electron chi connectivity index (χ1n) is 6.23. The van der Waals surface area contributed by atoms with Gasteiger partial charge in [-0.05, 0) is 30.7 Å². The topological polar surface area (TPSA) is 109 Å². The van der Waals surface area contributed by atoms with Crippen molar-refractivity contribution < 1.29 is 18.3 Å². The van der Waals surface area contributed by atoms with Gasteiger partial charge in [-0.3, -0.25) is 9.52 Å². The molecule has 0 aromatic heterocycles. The first-order chi connectivity index (χ1) is 10.6. The maximum Gasteiger partial charge on any atom is 0.262 e. The second kappa shape index (κ2) is 6.27. The van der Waals surface area contributed by atoms with E-state index >= 15 is 0 Å². The van der Waals surface area contributed by atoms with Crippen molar-refractivity contribution in [3.63, 3.8) is 0 Å². The molecule has 0 bridgehead atoms. The van der Waals surface area contributed by atoms with Crippen molar-refractivity contribution in [3.05, 3.63) is 51.5 Å². The number of hydrogen-bond donors (Lipinski definition) is 3. The van der Waals surface area contributed by atoms with Crippen LogP contribution < -0.4 is 10.5 Å². The molecule has 1 amide bonds. The van der Waals surface area contributed by atoms with Crippen LogP contribution in [0.4, 0.5) is 5.69 Å². The van der Waals surface area contributed by atoms with Gasteiger partial charge in [-0.1, -0.05) is 29.3 Å². The quantitative estimate of drug-likeness (QED) is 0.714. The molecule has 0 radical (unpaired) electrons. The molecular formula is C14H12Cl2N2O4S. The smallest absolute Gasteiger partial charge is 0.262 e. The minimum atomic E-state index is -4.06. The lowest BCUT2D eigenvalue weighted by Crippen LogP contribution is -2.17. The van der Waals surface area contributed by atoms with Crippen LogP contribution in [0.2, 0.25) is 10.0 Å². The third-order valence-electron chi connectivity index (χ3n) is 3.07. The number of aromatic hydroxyl groups is 1. The molecule has 122 valence electrons. The van der Waals surface area contributed by atoms with Crippen LogP contribution in [-0.4, -0.2) is 19.4 Å². The van der Waals surface area contributed by atoms with Gasteiger partial charge < -0.3 is 10.8 Å². The van der Waals surface area contributed by atoms with Crippen LogP contribution in [-0.2, 0) is 10.0 Å². The molecule has 0 unspecified atom stereocenters. The Labute approximate surface area is 142 Å². The summed E-state index contributed by atoms with van der Waals surface area (Å²) in [6, 6.07) is 6.24. The molecule has 0 aliphatic carbocycles. The Balaban J connectivity index is 2.46. The fraction of sp³-hybridized carbons (Fsp3) is 0.0714. The summed E-state index contributed by atoms with van der Waals surface area (Å²) in [7, 11) is -4.06. The summed E-state index contributed by atoms with van der Waals surface area (Å²) in [5, 5.41) is 9.92. The van der Waals surface area contributed by atoms with E-state index in [2.05, 4.69) is 4.72 Å². The first kappa shape index (κ1) is 17.4. The van der Waals surface area contributed by atoms with Crippen molar-refractivity contribution >= 4 is 44.8 Å². The molecule has 9 heteroatoms. The second-order valence-electron chi connectivity index (χ2n) is 4.73. The molecule has 2 rings (SSSR count). The zero-order valence-electron chi connectivity index (χ0n) is 11.8. The van der Waals surface area contributed by atoms with E-state index in [4.69, 9.17) is 28.9 Å². The van der Waals surface area contributed by atoms with E-state index in [1.54, 1.807) is 6.92 Å². The van der Waals surface area contributed by atoms with E-state index in [0.29, 0.717) is 5.56 Å². The molecule has 23 heavy (non-hydrogen) atoms. The minimum absolute atomic E-state index is 0.0731. The number of primary amides is 1. The Bertz CT molecular complexity index is 898. The summed E-state index contributed by atoms with van der Waals surface area (Å²) in [4.78, 5) is 11.2. The molecular weight excluding hydrogens is 363 g/mol. The molecule has 0 saturated carbocycles. The number of nitrogens with one attached hydrogen (secondary N) is 1. The lowest BCUT2D eigenvalue weighted by atomic mass is 10.1. The van der Waals surface area contributed by atoms with Gasteiger partial charge in [0.25, 0.3) is 10.0 Å². The Hall–Kier alpha value is -1.96. The fourth-order valence-electron chi connectivity index (χ4n) is 1.86. The van der Waals surface area contributed by atoms with Crippen molar-refractivity contribution in [2.24, 2.45) is 5.73 Å². The lowest BCUT2D eigenvalue weighted by molar-refractivity contribution is 0.0999. The Kier molecular flexibility index (Phi) is 4.74. The first-order valence-corrected chi connectivity index (χ1v) is 8.47. The van der Waals surface area contributed by atoms with Gasteiger partial charge in [-0.15, -0.1) is 0 Å². The van der Waals surface area contributed by atoms with Crippen molar-refractivity contribution in [3.8, 4) is 5.75 Å². The molecule has 2 aromatic rings. The highest BCUT2D eigenvalue weighted by Gasteiger charge is 2.19. The van der Waals surface area contributed by atoms with Crippen LogP contribution >= 0.6 is 23.2 Å². The molecule has 2 aromatic carbocycles. The lowest BCUT2D eigenvalue weighted by Gasteiger charge is -2.12. The monoisotopic (exact) mass is 374 g/mol. The third-order valence-corrected chi connectivity index (χ3v) is 5.15. The van der Waals surface area contributed by atoms with Crippen LogP contribution in [0.1, 0.15) is 15.9 Å². The van der Waals surface area contributed by atoms with Gasteiger partial charge in [0.15, 0.2) is 0 Å². The number of halogens is 2. The average molecular weight is 375 g/mol. The zero-order valence-corrected chi connectivity index (χ0v) is 14.1. The molecule has 4 N–H and O–H groups in total. The Morgan fingerprint density at radius 2 is 1.78 bits per heavy atom. The average Bonchev–Trinajstić information content (AvgIpc) is 2.44. The second-order valence-corrected chi connectivity index (χ2v) is 7.23. The van der Waals surface area contributed by atoms with Crippen LogP contribution in [0.5, 0.6) is 5.75 Å². The number of benzene rings is 2. The highest BCUT2D eigenvalue weighted by Crippen LogP contribution is 2.34. The number of hydrogen-bond acceptors (Lipinski definition) is 4. The number of sulfonamides is 1. The van der Waals surface area contributed by atoms with E-state index in [9.17, 15) is 18.3 Å². The summed E-state index contributed by atoms with van der Waals surface area (Å²) >= 11 is 11.5. The van der Waals surface area contributed by atoms with Crippen LogP contribution in [0.15, 0.2) is 35.2 Å². The number of phenolic OH excluding ortho intramolecular Hbond substituents is 1. The van der Waals surface area contributed by atoms with Crippen LogP contribution in [0.3, 0.4) is 0 Å². The number of aryl methyl sites for hydroxylation is 1. The summed E-state index contributed by atoms with van der Waals surface area (Å²) < 4.78 is 27.0. The molecule has 0 heterocycles. The number of nitrogens with two attached hydrogens (primary N) is 1. The van der Waals surface area contributed by atoms with Crippen molar-refractivity contribution in [1.82, 2.24) is 0 Å². The number of rotatable bonds is 4. The molecule has 0 saturated heterocycles. The SMILES string of the molecule is Cc1ccc(S(=O)(=O)Nc2cc(Cl)c(Cl)cc2O)cc1C(N)=O. The van der Waals surface area contributed by atoms with E-state index in [-0.39, 0.29) is 31.9 Å². The van der Waals surface area contributed by atoms with Crippen molar-refractivity contribution in [2.75, 3.05) is 4.72 Å². The number of anilines is 1. The highest BCUT2D eigenvalue weighted by atomic mass is 35.5. The largest absolute Gasteiger partial charge is 0.506 e. The van der Waals surface area contributed by atoms with Gasteiger partial charge in [-0.25, -0.2) is 8.42 Å². The van der Waals surface area contributed by atoms with Crippen molar-refractivity contribution in [1.29, 1.82) is 0 Å². The van der Waals surface area contributed by atoms with E-state index < -0.39 is 15.9 Å². The molecule has 0 atom stereocenters. The maximum absolute atomic E-state index is 12.4. The summed E-state index contributed by atoms with van der Waals surface area (Å²) in [5.41, 5.74) is 5.71. The van der Waals surface area contributed by atoms with Gasteiger partial charge in [0.2, 0.25) is 5.91 Å². The number of carbonyl (C=O) groups excluding carboxylic acids is 1. The number of amides is 1. The van der Waals surface area contributed by atoms with Crippen LogP contribution in [0, 0.1) is 6.92 Å². The summed E-state index contributed by atoms with van der Waals surface area (Å²) in [5.74, 6) is -1.12. The van der Waals surface area contributed by atoms with Gasteiger partial charge in [0.1, 0.15) is 5.75 Å². The standard InChI is InChI=1S/C14H12Cl2N2O4S/c1-7-2-3-8(4-9(7)14(17)20)23(21,22)18-12-5-10(15)11(16)6-13(12)19/h2-6,18-19H,1H3,(H2,17,20). The molecule has 0 aliphatic heterocycles. The van der Waals surface area contributed by atoms with E-state index in [0.717, 1.165) is 12.1 Å². The third kappa shape index (κ3) is 3.69. The van der Waals surface area contributed by atoms with E-state index in [1.165, 1.54) is 18.2 Å². The Morgan fingerprint density at radius 3 is 2.39 bits per heavy atom.